The van der Waals surface area contributed by atoms with Crippen LogP contribution in [0.5, 0.6) is 11.5 Å². The molecule has 3 N–H and O–H groups in total. The summed E-state index contributed by atoms with van der Waals surface area (Å²) < 4.78 is 19.0. The number of benzene rings is 2. The third-order valence-electron chi connectivity index (χ3n) is 2.64. The minimum Gasteiger partial charge on any atom is -0.454 e. The van der Waals surface area contributed by atoms with Crippen LogP contribution < -0.4 is 10.5 Å². The van der Waals surface area contributed by atoms with Gasteiger partial charge in [-0.05, 0) is 42.8 Å². The van der Waals surface area contributed by atoms with Crippen molar-refractivity contribution in [2.45, 2.75) is 6.92 Å². The number of nitrogens with zero attached hydrogens (tertiary/aromatic N) is 1. The molecule has 0 amide bonds. The molecule has 2 aromatic carbocycles. The fourth-order valence-electron chi connectivity index (χ4n) is 1.63. The summed E-state index contributed by atoms with van der Waals surface area (Å²) in [5, 5.41) is 11.5. The molecule has 0 spiro atoms. The van der Waals surface area contributed by atoms with E-state index in [9.17, 15) is 4.39 Å². The predicted molar refractivity (Wildman–Crippen MR) is 70.2 cm³/mol. The van der Waals surface area contributed by atoms with E-state index in [0.717, 1.165) is 5.56 Å². The number of rotatable bonds is 3. The van der Waals surface area contributed by atoms with E-state index in [1.807, 2.05) is 0 Å². The highest BCUT2D eigenvalue weighted by atomic mass is 19.1. The first-order valence-electron chi connectivity index (χ1n) is 5.62. The third-order valence-corrected chi connectivity index (χ3v) is 2.64. The molecule has 0 aliphatic heterocycles. The second kappa shape index (κ2) is 5.39. The Kier molecular flexibility index (Phi) is 3.66. The van der Waals surface area contributed by atoms with E-state index in [-0.39, 0.29) is 11.6 Å². The molecule has 19 heavy (non-hydrogen) atoms. The van der Waals surface area contributed by atoms with Gasteiger partial charge in [0.25, 0.3) is 0 Å². The first kappa shape index (κ1) is 12.9. The average Bonchev–Trinajstić information content (AvgIpc) is 2.42. The molecular weight excluding hydrogens is 247 g/mol. The largest absolute Gasteiger partial charge is 0.454 e. The number of ether oxygens (including phenoxy) is 1. The molecule has 0 saturated carbocycles. The van der Waals surface area contributed by atoms with Crippen LogP contribution >= 0.6 is 0 Å². The van der Waals surface area contributed by atoms with Gasteiger partial charge in [0.15, 0.2) is 17.4 Å². The van der Waals surface area contributed by atoms with E-state index in [4.69, 9.17) is 15.7 Å². The maximum absolute atomic E-state index is 13.5. The lowest BCUT2D eigenvalue weighted by molar-refractivity contribution is 0.318. The number of para-hydroxylation sites is 1. The summed E-state index contributed by atoms with van der Waals surface area (Å²) in [5.41, 5.74) is 6.82. The highest BCUT2D eigenvalue weighted by molar-refractivity contribution is 5.97. The molecule has 98 valence electrons. The summed E-state index contributed by atoms with van der Waals surface area (Å²) in [5.74, 6) is 0.254. The number of oxime groups is 1. The number of aryl methyl sites for hydroxylation is 1. The molecular formula is C14H13FN2O2. The quantitative estimate of drug-likeness (QED) is 0.386. The number of amidine groups is 1. The van der Waals surface area contributed by atoms with Crippen molar-refractivity contribution in [3.8, 4) is 11.5 Å². The van der Waals surface area contributed by atoms with Crippen molar-refractivity contribution in [2.24, 2.45) is 10.9 Å². The Labute approximate surface area is 109 Å². The van der Waals surface area contributed by atoms with Crippen LogP contribution in [0.25, 0.3) is 0 Å². The summed E-state index contributed by atoms with van der Waals surface area (Å²) in [6, 6.07) is 11.1. The number of nitrogens with two attached hydrogens (primary N) is 1. The molecule has 2 rings (SSSR count). The van der Waals surface area contributed by atoms with Crippen molar-refractivity contribution >= 4 is 5.84 Å². The second-order valence-electron chi connectivity index (χ2n) is 4.00. The summed E-state index contributed by atoms with van der Waals surface area (Å²) in [7, 11) is 0. The highest BCUT2D eigenvalue weighted by Gasteiger charge is 2.08. The smallest absolute Gasteiger partial charge is 0.170 e. The highest BCUT2D eigenvalue weighted by Crippen LogP contribution is 2.27. The topological polar surface area (TPSA) is 67.8 Å². The fourth-order valence-corrected chi connectivity index (χ4v) is 1.63. The molecule has 0 radical (unpaired) electrons. The van der Waals surface area contributed by atoms with Gasteiger partial charge in [0.2, 0.25) is 0 Å². The van der Waals surface area contributed by atoms with Crippen LogP contribution in [0.15, 0.2) is 47.6 Å². The fraction of sp³-hybridized carbons (Fsp3) is 0.0714. The van der Waals surface area contributed by atoms with E-state index in [1.165, 1.54) is 6.07 Å². The van der Waals surface area contributed by atoms with Crippen molar-refractivity contribution < 1.29 is 14.3 Å². The summed E-state index contributed by atoms with van der Waals surface area (Å²) >= 11 is 0. The maximum atomic E-state index is 13.5. The van der Waals surface area contributed by atoms with Crippen LogP contribution in [0, 0.1) is 12.7 Å². The predicted octanol–water partition coefficient (Wildman–Crippen LogP) is 3.02. The van der Waals surface area contributed by atoms with Crippen molar-refractivity contribution in [3.05, 3.63) is 59.4 Å². The molecule has 2 aromatic rings. The monoisotopic (exact) mass is 260 g/mol. The van der Waals surface area contributed by atoms with Crippen LogP contribution in [-0.4, -0.2) is 11.0 Å². The minimum atomic E-state index is -0.428. The standard InChI is InChI=1S/C14H13FN2O2/c1-9-8-10(14(16)17-18)6-7-12(9)19-13-5-3-2-4-11(13)15/h2-8,18H,1H3,(H2,16,17). The minimum absolute atomic E-state index is 0.0144. The average molecular weight is 260 g/mol. The Hall–Kier alpha value is -2.56. The van der Waals surface area contributed by atoms with Gasteiger partial charge in [-0.1, -0.05) is 17.3 Å². The van der Waals surface area contributed by atoms with Crippen molar-refractivity contribution in [1.29, 1.82) is 0 Å². The Morgan fingerprint density at radius 3 is 2.58 bits per heavy atom. The Bertz CT molecular complexity index is 627. The summed E-state index contributed by atoms with van der Waals surface area (Å²) in [6.45, 7) is 1.80. The van der Waals surface area contributed by atoms with Crippen LogP contribution in [0.4, 0.5) is 4.39 Å². The first-order valence-corrected chi connectivity index (χ1v) is 5.62. The number of halogens is 1. The Morgan fingerprint density at radius 1 is 1.21 bits per heavy atom. The third kappa shape index (κ3) is 2.82. The normalized spacial score (nSPS) is 11.4. The van der Waals surface area contributed by atoms with E-state index >= 15 is 0 Å². The van der Waals surface area contributed by atoms with Gasteiger partial charge in [-0.15, -0.1) is 0 Å². The number of hydrogen-bond donors (Lipinski definition) is 2. The van der Waals surface area contributed by atoms with E-state index in [0.29, 0.717) is 11.3 Å². The van der Waals surface area contributed by atoms with Crippen LogP contribution in [-0.2, 0) is 0 Å². The van der Waals surface area contributed by atoms with Crippen molar-refractivity contribution in [2.75, 3.05) is 0 Å². The molecule has 0 unspecified atom stereocenters. The zero-order valence-electron chi connectivity index (χ0n) is 10.3. The lowest BCUT2D eigenvalue weighted by atomic mass is 10.1. The molecule has 0 aromatic heterocycles. The molecule has 0 aliphatic carbocycles. The van der Waals surface area contributed by atoms with Crippen LogP contribution in [0.1, 0.15) is 11.1 Å². The van der Waals surface area contributed by atoms with Gasteiger partial charge < -0.3 is 15.7 Å². The molecule has 0 aliphatic rings. The van der Waals surface area contributed by atoms with E-state index < -0.39 is 5.82 Å². The lowest BCUT2D eigenvalue weighted by Crippen LogP contribution is -2.13. The van der Waals surface area contributed by atoms with Gasteiger partial charge in [-0.25, -0.2) is 4.39 Å². The van der Waals surface area contributed by atoms with Gasteiger partial charge >= 0.3 is 0 Å². The van der Waals surface area contributed by atoms with E-state index in [1.54, 1.807) is 43.3 Å². The molecule has 0 saturated heterocycles. The summed E-state index contributed by atoms with van der Waals surface area (Å²) in [6.07, 6.45) is 0. The summed E-state index contributed by atoms with van der Waals surface area (Å²) in [4.78, 5) is 0. The molecule has 0 fully saturated rings. The molecule has 0 bridgehead atoms. The molecule has 0 heterocycles. The van der Waals surface area contributed by atoms with Gasteiger partial charge in [-0.3, -0.25) is 0 Å². The molecule has 4 nitrogen and oxygen atoms in total. The van der Waals surface area contributed by atoms with Gasteiger partial charge in [-0.2, -0.15) is 0 Å². The zero-order chi connectivity index (χ0) is 13.8. The lowest BCUT2D eigenvalue weighted by Gasteiger charge is -2.10. The number of hydrogen-bond acceptors (Lipinski definition) is 3. The van der Waals surface area contributed by atoms with Gasteiger partial charge in [0, 0.05) is 5.56 Å². The van der Waals surface area contributed by atoms with Crippen molar-refractivity contribution in [1.82, 2.24) is 0 Å². The zero-order valence-corrected chi connectivity index (χ0v) is 10.3. The molecule has 5 heteroatoms. The van der Waals surface area contributed by atoms with Crippen LogP contribution in [0.3, 0.4) is 0 Å². The second-order valence-corrected chi connectivity index (χ2v) is 4.00. The maximum Gasteiger partial charge on any atom is 0.170 e. The van der Waals surface area contributed by atoms with Gasteiger partial charge in [0.1, 0.15) is 5.75 Å². The van der Waals surface area contributed by atoms with Gasteiger partial charge in [0.05, 0.1) is 0 Å². The SMILES string of the molecule is Cc1cc(/C(N)=N/O)ccc1Oc1ccccc1F. The van der Waals surface area contributed by atoms with Crippen LogP contribution in [0.2, 0.25) is 0 Å². The Morgan fingerprint density at radius 2 is 1.95 bits per heavy atom. The Balaban J connectivity index is 2.30. The first-order chi connectivity index (χ1) is 9.11. The van der Waals surface area contributed by atoms with E-state index in [2.05, 4.69) is 5.16 Å². The van der Waals surface area contributed by atoms with Crippen molar-refractivity contribution in [3.63, 3.8) is 0 Å². The molecule has 0 atom stereocenters.